The van der Waals surface area contributed by atoms with Crippen molar-refractivity contribution in [2.24, 2.45) is 23.0 Å². The maximum Gasteiger partial charge on any atom is 0.292 e. The Morgan fingerprint density at radius 3 is 1.92 bits per heavy atom. The van der Waals surface area contributed by atoms with E-state index in [2.05, 4.69) is 24.3 Å². The van der Waals surface area contributed by atoms with Crippen LogP contribution in [0.3, 0.4) is 0 Å². The van der Waals surface area contributed by atoms with Gasteiger partial charge >= 0.3 is 0 Å². The lowest BCUT2D eigenvalue weighted by Gasteiger charge is -2.23. The predicted molar refractivity (Wildman–Crippen MR) is 93.1 cm³/mol. The van der Waals surface area contributed by atoms with E-state index in [1.165, 1.54) is 7.11 Å². The lowest BCUT2D eigenvalue weighted by molar-refractivity contribution is -0.133. The number of likely N-dealkylation sites (tertiary alicyclic amines) is 1. The summed E-state index contributed by atoms with van der Waals surface area (Å²) >= 11 is 0. The van der Waals surface area contributed by atoms with Crippen molar-refractivity contribution in [3.05, 3.63) is 0 Å². The largest absolute Gasteiger partial charge is 0.471 e. The number of rotatable bonds is 4. The highest BCUT2D eigenvalue weighted by molar-refractivity contribution is 5.77. The Balaban J connectivity index is 0. The van der Waals surface area contributed by atoms with Crippen LogP contribution >= 0.6 is 0 Å². The van der Waals surface area contributed by atoms with Crippen LogP contribution in [0.2, 0.25) is 0 Å². The number of primary amides is 1. The monoisotopic (exact) mass is 346 g/mol. The van der Waals surface area contributed by atoms with Crippen molar-refractivity contribution in [2.75, 3.05) is 27.3 Å². The van der Waals surface area contributed by atoms with Crippen LogP contribution in [0.4, 0.5) is 0 Å². The summed E-state index contributed by atoms with van der Waals surface area (Å²) in [5, 5.41) is 0. The average molecular weight is 346 g/mol. The Bertz CT molecular complexity index is 360. The Morgan fingerprint density at radius 1 is 1.25 bits per heavy atom. The Labute approximate surface area is 145 Å². The maximum atomic E-state index is 11.8. The van der Waals surface area contributed by atoms with Gasteiger partial charge in [-0.15, -0.1) is 0 Å². The molecule has 2 amide bonds. The summed E-state index contributed by atoms with van der Waals surface area (Å²) in [7, 11) is 2.97. The van der Waals surface area contributed by atoms with Gasteiger partial charge in [0.05, 0.1) is 19.6 Å². The normalized spacial score (nSPS) is 22.7. The number of hydrogen-bond donors (Lipinski definition) is 1. The molecule has 2 rings (SSSR count). The van der Waals surface area contributed by atoms with E-state index in [1.807, 2.05) is 25.7 Å². The molecule has 1 aliphatic carbocycles. The minimum absolute atomic E-state index is 0.0439. The molecule has 2 aliphatic rings. The van der Waals surface area contributed by atoms with Crippen molar-refractivity contribution in [3.63, 3.8) is 0 Å². The van der Waals surface area contributed by atoms with Gasteiger partial charge in [-0.3, -0.25) is 14.4 Å². The molecule has 1 aliphatic heterocycles. The minimum atomic E-state index is 0.0439. The van der Waals surface area contributed by atoms with Crippen molar-refractivity contribution in [3.8, 4) is 0 Å². The van der Waals surface area contributed by atoms with Gasteiger partial charge in [0.25, 0.3) is 6.47 Å². The number of methoxy groups -OCH3 is 2. The molecule has 1 saturated heterocycles. The average Bonchev–Trinajstić information content (AvgIpc) is 2.95. The van der Waals surface area contributed by atoms with Crippen molar-refractivity contribution >= 4 is 18.8 Å². The minimum Gasteiger partial charge on any atom is -0.471 e. The second kappa shape index (κ2) is 12.8. The zero-order chi connectivity index (χ0) is 19.3. The number of carbonyl (C=O) groups excluding carboxylic acids is 3. The first kappa shape index (κ1) is 24.6. The quantitative estimate of drug-likeness (QED) is 0.777. The van der Waals surface area contributed by atoms with Crippen LogP contribution in [-0.2, 0) is 23.9 Å². The summed E-state index contributed by atoms with van der Waals surface area (Å²) in [5.41, 5.74) is 4.66. The molecule has 142 valence electrons. The van der Waals surface area contributed by atoms with Gasteiger partial charge in [0.2, 0.25) is 12.3 Å². The summed E-state index contributed by atoms with van der Waals surface area (Å²) in [6, 6.07) is 0. The Hall–Kier alpha value is -1.63. The molecule has 0 spiro atoms. The number of nitrogens with two attached hydrogens (primary N) is 1. The van der Waals surface area contributed by atoms with E-state index in [1.54, 1.807) is 7.11 Å². The summed E-state index contributed by atoms with van der Waals surface area (Å²) in [6.45, 7) is 12.9. The first-order chi connectivity index (χ1) is 11.3. The number of piperidine rings is 1. The third-order valence-corrected chi connectivity index (χ3v) is 4.44. The molecule has 24 heavy (non-hydrogen) atoms. The summed E-state index contributed by atoms with van der Waals surface area (Å²) < 4.78 is 8.97. The number of nitrogens with zero attached hydrogens (tertiary/aromatic N) is 1. The summed E-state index contributed by atoms with van der Waals surface area (Å²) in [5.74, 6) is 1.76. The van der Waals surface area contributed by atoms with Gasteiger partial charge < -0.3 is 20.1 Å². The van der Waals surface area contributed by atoms with E-state index in [-0.39, 0.29) is 18.4 Å². The molecule has 0 aromatic rings. The van der Waals surface area contributed by atoms with E-state index in [9.17, 15) is 4.79 Å². The second-order valence-electron chi connectivity index (χ2n) is 6.05. The lowest BCUT2D eigenvalue weighted by atomic mass is 10.1. The molecule has 2 fully saturated rings. The summed E-state index contributed by atoms with van der Waals surface area (Å²) in [6.07, 6.45) is 0.818. The van der Waals surface area contributed by atoms with Crippen LogP contribution in [0.1, 0.15) is 41.0 Å². The molecule has 0 aromatic heterocycles. The van der Waals surface area contributed by atoms with Crippen molar-refractivity contribution < 1.29 is 23.9 Å². The van der Waals surface area contributed by atoms with Gasteiger partial charge in [0.1, 0.15) is 0 Å². The van der Waals surface area contributed by atoms with Gasteiger partial charge in [-0.05, 0) is 24.2 Å². The van der Waals surface area contributed by atoms with Crippen LogP contribution in [0, 0.1) is 17.3 Å². The number of amides is 2. The van der Waals surface area contributed by atoms with Crippen LogP contribution in [0.5, 0.6) is 0 Å². The van der Waals surface area contributed by atoms with E-state index in [0.29, 0.717) is 18.3 Å². The first-order valence-corrected chi connectivity index (χ1v) is 8.22. The van der Waals surface area contributed by atoms with Gasteiger partial charge in [0, 0.05) is 20.2 Å². The van der Waals surface area contributed by atoms with Gasteiger partial charge in [-0.1, -0.05) is 27.7 Å². The molecule has 2 N–H and O–H groups in total. The predicted octanol–water partition coefficient (Wildman–Crippen LogP) is 1.44. The molecule has 3 atom stereocenters. The molecule has 1 saturated carbocycles. The highest BCUT2D eigenvalue weighted by atomic mass is 16.5. The molecule has 0 bridgehead atoms. The number of carbonyl (C=O) groups is 3. The highest BCUT2D eigenvalue weighted by Crippen LogP contribution is 2.61. The summed E-state index contributed by atoms with van der Waals surface area (Å²) in [4.78, 5) is 31.4. The van der Waals surface area contributed by atoms with E-state index in [0.717, 1.165) is 24.9 Å². The van der Waals surface area contributed by atoms with Crippen molar-refractivity contribution in [2.45, 2.75) is 47.1 Å². The molecule has 7 heteroatoms. The molecule has 0 radical (unpaired) electrons. The highest BCUT2D eigenvalue weighted by Gasteiger charge is 2.62. The molecule has 7 nitrogen and oxygen atoms in total. The zero-order valence-electron chi connectivity index (χ0n) is 16.1. The molecule has 2 unspecified atom stereocenters. The third kappa shape index (κ3) is 7.77. The van der Waals surface area contributed by atoms with Crippen LogP contribution in [-0.4, -0.2) is 57.1 Å². The topological polar surface area (TPSA) is 98.9 Å². The smallest absolute Gasteiger partial charge is 0.292 e. The molecular formula is C17H34N2O5. The fourth-order valence-electron chi connectivity index (χ4n) is 2.79. The number of ether oxygens (including phenoxy) is 2. The van der Waals surface area contributed by atoms with Crippen LogP contribution < -0.4 is 5.73 Å². The maximum absolute atomic E-state index is 11.8. The zero-order valence-corrected chi connectivity index (χ0v) is 16.1. The van der Waals surface area contributed by atoms with Crippen molar-refractivity contribution in [1.82, 2.24) is 4.90 Å². The lowest BCUT2D eigenvalue weighted by Crippen LogP contribution is -2.34. The number of fused-ring (bicyclic) bond motifs is 1. The SMILES string of the molecule is CC.COC=O.CO[C@H](C)CC(=O)N1CC2C(C1)C2(C)C.NC=O. The number of hydrogen-bond acceptors (Lipinski definition) is 5. The van der Waals surface area contributed by atoms with Gasteiger partial charge in [-0.2, -0.15) is 0 Å². The fourth-order valence-corrected chi connectivity index (χ4v) is 2.79. The Kier molecular flexibility index (Phi) is 13.1. The van der Waals surface area contributed by atoms with Crippen LogP contribution in [0.15, 0.2) is 0 Å². The second-order valence-corrected chi connectivity index (χ2v) is 6.05. The van der Waals surface area contributed by atoms with E-state index in [4.69, 9.17) is 14.3 Å². The third-order valence-electron chi connectivity index (χ3n) is 4.44. The fraction of sp³-hybridized carbons (Fsp3) is 0.824. The van der Waals surface area contributed by atoms with E-state index < -0.39 is 0 Å². The van der Waals surface area contributed by atoms with Gasteiger partial charge in [0.15, 0.2) is 0 Å². The molecule has 0 aromatic carbocycles. The Morgan fingerprint density at radius 2 is 1.62 bits per heavy atom. The molecular weight excluding hydrogens is 312 g/mol. The van der Waals surface area contributed by atoms with E-state index >= 15 is 0 Å². The standard InChI is InChI=1S/C12H21NO2.C2H4O2.C2H6.CH3NO/c1-8(15-4)5-11(14)13-6-9-10(7-13)12(9,2)3;1-4-2-3;1-2;2-1-3/h8-10H,5-7H2,1-4H3;2H,1H3;1-2H3;1H,(H2,2,3)/t8-,9?,10?;;;/m1.../s1. The van der Waals surface area contributed by atoms with Crippen molar-refractivity contribution in [1.29, 1.82) is 0 Å². The van der Waals surface area contributed by atoms with Gasteiger partial charge in [-0.25, -0.2) is 0 Å². The van der Waals surface area contributed by atoms with Crippen LogP contribution in [0.25, 0.3) is 0 Å². The molecule has 1 heterocycles. The first-order valence-electron chi connectivity index (χ1n) is 8.22.